The van der Waals surface area contributed by atoms with Crippen molar-refractivity contribution >= 4 is 10.0 Å². The van der Waals surface area contributed by atoms with E-state index in [0.717, 1.165) is 0 Å². The third-order valence-corrected chi connectivity index (χ3v) is 1.68. The molecule has 0 saturated heterocycles. The van der Waals surface area contributed by atoms with Gasteiger partial charge in [-0.25, -0.2) is 13.6 Å². The van der Waals surface area contributed by atoms with Gasteiger partial charge in [0.2, 0.25) is 10.0 Å². The number of ether oxygens (including phenoxy) is 2. The van der Waals surface area contributed by atoms with Crippen molar-refractivity contribution in [1.29, 1.82) is 0 Å². The van der Waals surface area contributed by atoms with Crippen LogP contribution in [0.1, 0.15) is 0 Å². The van der Waals surface area contributed by atoms with Crippen LogP contribution in [-0.4, -0.2) is 41.1 Å². The van der Waals surface area contributed by atoms with Gasteiger partial charge in [0.05, 0.1) is 25.6 Å². The van der Waals surface area contributed by atoms with Crippen molar-refractivity contribution in [2.45, 2.75) is 0 Å². The molecule has 0 spiro atoms. The lowest BCUT2D eigenvalue weighted by Crippen LogP contribution is -2.20. The lowest BCUT2D eigenvalue weighted by molar-refractivity contribution is 0.0785. The van der Waals surface area contributed by atoms with E-state index in [0.29, 0.717) is 13.2 Å². The summed E-state index contributed by atoms with van der Waals surface area (Å²) in [6.07, 6.45) is 0. The molecule has 0 aromatic carbocycles. The quantitative estimate of drug-likeness (QED) is 0.532. The van der Waals surface area contributed by atoms with Gasteiger partial charge in [0.25, 0.3) is 0 Å². The maximum absolute atomic E-state index is 10.3. The Morgan fingerprint density at radius 2 is 1.91 bits per heavy atom. The summed E-state index contributed by atoms with van der Waals surface area (Å²) in [5.41, 5.74) is 0. The van der Waals surface area contributed by atoms with Gasteiger partial charge < -0.3 is 9.47 Å². The Hall–Kier alpha value is -0.170. The zero-order valence-electron chi connectivity index (χ0n) is 6.45. The Morgan fingerprint density at radius 3 is 2.36 bits per heavy atom. The maximum atomic E-state index is 10.3. The zero-order valence-corrected chi connectivity index (χ0v) is 7.26. The van der Waals surface area contributed by atoms with Gasteiger partial charge in [-0.15, -0.1) is 0 Å². The van der Waals surface area contributed by atoms with Crippen LogP contribution in [0.2, 0.25) is 0 Å². The number of nitrogens with two attached hydrogens (primary N) is 1. The van der Waals surface area contributed by atoms with Gasteiger partial charge in [-0.3, -0.25) is 0 Å². The first-order chi connectivity index (χ1) is 5.06. The molecule has 0 fully saturated rings. The van der Waals surface area contributed by atoms with Crippen LogP contribution in [0, 0.1) is 0 Å². The molecule has 0 atom stereocenters. The Bertz CT molecular complexity index is 177. The molecule has 0 aliphatic heterocycles. The van der Waals surface area contributed by atoms with Crippen LogP contribution < -0.4 is 5.14 Å². The lowest BCUT2D eigenvalue weighted by Gasteiger charge is -2.00. The average molecular weight is 183 g/mol. The number of hydrogen-bond donors (Lipinski definition) is 1. The van der Waals surface area contributed by atoms with E-state index in [2.05, 4.69) is 4.74 Å². The van der Waals surface area contributed by atoms with Crippen LogP contribution in [0.15, 0.2) is 0 Å². The molecular weight excluding hydrogens is 170 g/mol. The summed E-state index contributed by atoms with van der Waals surface area (Å²) in [6, 6.07) is 0. The van der Waals surface area contributed by atoms with E-state index in [1.165, 1.54) is 0 Å². The highest BCUT2D eigenvalue weighted by molar-refractivity contribution is 7.89. The topological polar surface area (TPSA) is 78.6 Å². The van der Waals surface area contributed by atoms with E-state index < -0.39 is 10.0 Å². The van der Waals surface area contributed by atoms with Gasteiger partial charge in [-0.2, -0.15) is 0 Å². The molecule has 0 aliphatic rings. The van der Waals surface area contributed by atoms with E-state index in [1.807, 2.05) is 0 Å². The molecular formula is C5H13NO4S. The van der Waals surface area contributed by atoms with Crippen molar-refractivity contribution in [3.05, 3.63) is 0 Å². The van der Waals surface area contributed by atoms with Gasteiger partial charge in [0.15, 0.2) is 0 Å². The summed E-state index contributed by atoms with van der Waals surface area (Å²) in [5.74, 6) is -0.142. The normalized spacial score (nSPS) is 11.8. The van der Waals surface area contributed by atoms with Crippen molar-refractivity contribution in [3.63, 3.8) is 0 Å². The summed E-state index contributed by atoms with van der Waals surface area (Å²) >= 11 is 0. The van der Waals surface area contributed by atoms with E-state index in [-0.39, 0.29) is 12.4 Å². The molecule has 68 valence electrons. The molecule has 0 aromatic rings. The van der Waals surface area contributed by atoms with Crippen molar-refractivity contribution < 1.29 is 17.9 Å². The molecule has 0 saturated carbocycles. The highest BCUT2D eigenvalue weighted by Gasteiger charge is 2.00. The molecule has 0 bridgehead atoms. The fourth-order valence-corrected chi connectivity index (χ4v) is 0.770. The van der Waals surface area contributed by atoms with E-state index >= 15 is 0 Å². The minimum atomic E-state index is -3.38. The van der Waals surface area contributed by atoms with Crippen LogP contribution in [0.3, 0.4) is 0 Å². The molecule has 2 N–H and O–H groups in total. The van der Waals surface area contributed by atoms with Gasteiger partial charge >= 0.3 is 0 Å². The Labute approximate surface area is 66.5 Å². The molecule has 0 amide bonds. The molecule has 0 aliphatic carbocycles. The molecule has 0 unspecified atom stereocenters. The van der Waals surface area contributed by atoms with Crippen molar-refractivity contribution in [2.24, 2.45) is 5.14 Å². The number of rotatable bonds is 6. The molecule has 5 nitrogen and oxygen atoms in total. The fraction of sp³-hybridized carbons (Fsp3) is 1.00. The van der Waals surface area contributed by atoms with Crippen LogP contribution >= 0.6 is 0 Å². The highest BCUT2D eigenvalue weighted by atomic mass is 32.2. The minimum Gasteiger partial charge on any atom is -0.382 e. The molecule has 0 radical (unpaired) electrons. The van der Waals surface area contributed by atoms with E-state index in [9.17, 15) is 8.42 Å². The fourth-order valence-electron chi connectivity index (χ4n) is 0.419. The smallest absolute Gasteiger partial charge is 0.211 e. The molecule has 0 aromatic heterocycles. The molecule has 6 heteroatoms. The minimum absolute atomic E-state index is 0.127. The predicted octanol–water partition coefficient (Wildman–Crippen LogP) is -1.06. The van der Waals surface area contributed by atoms with Crippen molar-refractivity contribution in [2.75, 3.05) is 32.7 Å². The van der Waals surface area contributed by atoms with Gasteiger partial charge in [-0.1, -0.05) is 0 Å². The molecule has 11 heavy (non-hydrogen) atoms. The number of sulfonamides is 1. The lowest BCUT2D eigenvalue weighted by atomic mass is 10.7. The third kappa shape index (κ3) is 9.83. The second kappa shape index (κ2) is 5.48. The monoisotopic (exact) mass is 183 g/mol. The summed E-state index contributed by atoms with van der Waals surface area (Å²) in [7, 11) is -1.83. The zero-order chi connectivity index (χ0) is 8.74. The van der Waals surface area contributed by atoms with Crippen molar-refractivity contribution in [3.8, 4) is 0 Å². The second-order valence-electron chi connectivity index (χ2n) is 1.97. The third-order valence-electron chi connectivity index (χ3n) is 0.944. The summed E-state index contributed by atoms with van der Waals surface area (Å²) in [6.45, 7) is 0.985. The second-order valence-corrected chi connectivity index (χ2v) is 3.71. The SMILES string of the molecule is COCCOCCS(N)(=O)=O. The Balaban J connectivity index is 3.16. The first-order valence-electron chi connectivity index (χ1n) is 3.13. The van der Waals surface area contributed by atoms with Crippen LogP contribution in [0.4, 0.5) is 0 Å². The van der Waals surface area contributed by atoms with Gasteiger partial charge in [0.1, 0.15) is 0 Å². The number of primary sulfonamides is 1. The standard InChI is InChI=1S/C5H13NO4S/c1-9-2-3-10-4-5-11(6,7)8/h2-5H2,1H3,(H2,6,7,8). The summed E-state index contributed by atoms with van der Waals surface area (Å²) < 4.78 is 30.2. The highest BCUT2D eigenvalue weighted by Crippen LogP contribution is 1.80. The summed E-state index contributed by atoms with van der Waals surface area (Å²) in [4.78, 5) is 0. The Morgan fingerprint density at radius 1 is 1.27 bits per heavy atom. The van der Waals surface area contributed by atoms with E-state index in [4.69, 9.17) is 9.88 Å². The predicted molar refractivity (Wildman–Crippen MR) is 40.7 cm³/mol. The number of methoxy groups -OCH3 is 1. The van der Waals surface area contributed by atoms with Crippen LogP contribution in [0.5, 0.6) is 0 Å². The van der Waals surface area contributed by atoms with E-state index in [1.54, 1.807) is 7.11 Å². The van der Waals surface area contributed by atoms with Crippen LogP contribution in [-0.2, 0) is 19.5 Å². The Kier molecular flexibility index (Phi) is 5.39. The number of hydrogen-bond acceptors (Lipinski definition) is 4. The maximum Gasteiger partial charge on any atom is 0.211 e. The average Bonchev–Trinajstić information content (AvgIpc) is 1.85. The largest absolute Gasteiger partial charge is 0.382 e. The first-order valence-corrected chi connectivity index (χ1v) is 4.85. The van der Waals surface area contributed by atoms with Gasteiger partial charge in [-0.05, 0) is 0 Å². The summed E-state index contributed by atoms with van der Waals surface area (Å²) in [5, 5.41) is 4.71. The van der Waals surface area contributed by atoms with Crippen molar-refractivity contribution in [1.82, 2.24) is 0 Å². The molecule has 0 heterocycles. The van der Waals surface area contributed by atoms with Gasteiger partial charge in [0, 0.05) is 7.11 Å². The first kappa shape index (κ1) is 10.8. The van der Waals surface area contributed by atoms with Crippen LogP contribution in [0.25, 0.3) is 0 Å². The molecule has 0 rings (SSSR count).